The van der Waals surface area contributed by atoms with E-state index < -0.39 is 0 Å². The van der Waals surface area contributed by atoms with E-state index in [4.69, 9.17) is 0 Å². The fourth-order valence-electron chi connectivity index (χ4n) is 2.29. The Labute approximate surface area is 109 Å². The SMILES string of the molecule is CC1CCN(C(=O)CCNc2ccccc2)CC1. The van der Waals surface area contributed by atoms with Crippen LogP contribution in [0.15, 0.2) is 30.3 Å². The van der Waals surface area contributed by atoms with Crippen LogP contribution in [0, 0.1) is 5.92 Å². The Balaban J connectivity index is 1.69. The highest BCUT2D eigenvalue weighted by atomic mass is 16.2. The van der Waals surface area contributed by atoms with Gasteiger partial charge in [0.1, 0.15) is 0 Å². The molecule has 0 atom stereocenters. The molecule has 0 saturated carbocycles. The first-order valence-electron chi connectivity index (χ1n) is 6.82. The molecule has 1 heterocycles. The van der Waals surface area contributed by atoms with Gasteiger partial charge in [0, 0.05) is 31.7 Å². The topological polar surface area (TPSA) is 32.3 Å². The van der Waals surface area contributed by atoms with Crippen LogP contribution in [0.2, 0.25) is 0 Å². The van der Waals surface area contributed by atoms with Crippen molar-refractivity contribution >= 4 is 11.6 Å². The number of carbonyl (C=O) groups is 1. The van der Waals surface area contributed by atoms with Crippen LogP contribution < -0.4 is 5.32 Å². The molecule has 1 amide bonds. The van der Waals surface area contributed by atoms with Gasteiger partial charge in [0.05, 0.1) is 0 Å². The zero-order valence-electron chi connectivity index (χ0n) is 11.1. The zero-order chi connectivity index (χ0) is 12.8. The predicted octanol–water partition coefficient (Wildman–Crippen LogP) is 2.75. The predicted molar refractivity (Wildman–Crippen MR) is 74.5 cm³/mol. The molecule has 0 radical (unpaired) electrons. The number of carbonyl (C=O) groups excluding carboxylic acids is 1. The van der Waals surface area contributed by atoms with Gasteiger partial charge in [0.25, 0.3) is 0 Å². The average Bonchev–Trinajstić information content (AvgIpc) is 2.40. The molecule has 0 aromatic heterocycles. The number of likely N-dealkylation sites (tertiary alicyclic amines) is 1. The third kappa shape index (κ3) is 3.76. The van der Waals surface area contributed by atoms with Gasteiger partial charge in [-0.25, -0.2) is 0 Å². The van der Waals surface area contributed by atoms with E-state index in [1.54, 1.807) is 0 Å². The van der Waals surface area contributed by atoms with Crippen LogP contribution in [-0.4, -0.2) is 30.4 Å². The van der Waals surface area contributed by atoms with Gasteiger partial charge < -0.3 is 10.2 Å². The van der Waals surface area contributed by atoms with Crippen LogP contribution in [0.5, 0.6) is 0 Å². The van der Waals surface area contributed by atoms with Gasteiger partial charge in [0.2, 0.25) is 5.91 Å². The minimum absolute atomic E-state index is 0.283. The van der Waals surface area contributed by atoms with Gasteiger partial charge in [-0.2, -0.15) is 0 Å². The summed E-state index contributed by atoms with van der Waals surface area (Å²) in [5.41, 5.74) is 1.08. The molecule has 1 saturated heterocycles. The molecule has 98 valence electrons. The van der Waals surface area contributed by atoms with E-state index in [0.717, 1.165) is 44.1 Å². The van der Waals surface area contributed by atoms with Crippen molar-refractivity contribution in [1.82, 2.24) is 4.90 Å². The number of benzene rings is 1. The molecule has 1 aromatic rings. The fourth-order valence-corrected chi connectivity index (χ4v) is 2.29. The molecule has 0 aliphatic carbocycles. The van der Waals surface area contributed by atoms with Crippen molar-refractivity contribution < 1.29 is 4.79 Å². The Morgan fingerprint density at radius 3 is 2.61 bits per heavy atom. The lowest BCUT2D eigenvalue weighted by Gasteiger charge is -2.30. The molecule has 1 fully saturated rings. The van der Waals surface area contributed by atoms with Crippen LogP contribution in [-0.2, 0) is 4.79 Å². The van der Waals surface area contributed by atoms with E-state index in [-0.39, 0.29) is 5.91 Å². The van der Waals surface area contributed by atoms with Crippen LogP contribution in [0.3, 0.4) is 0 Å². The van der Waals surface area contributed by atoms with E-state index in [1.165, 1.54) is 0 Å². The van der Waals surface area contributed by atoms with Gasteiger partial charge in [-0.3, -0.25) is 4.79 Å². The fraction of sp³-hybridized carbons (Fsp3) is 0.533. The Morgan fingerprint density at radius 2 is 1.94 bits per heavy atom. The van der Waals surface area contributed by atoms with Crippen molar-refractivity contribution in [2.75, 3.05) is 25.0 Å². The molecule has 0 unspecified atom stereocenters. The summed E-state index contributed by atoms with van der Waals surface area (Å²) < 4.78 is 0. The molecule has 0 bridgehead atoms. The zero-order valence-corrected chi connectivity index (χ0v) is 11.1. The molecule has 18 heavy (non-hydrogen) atoms. The van der Waals surface area contributed by atoms with Crippen molar-refractivity contribution in [2.45, 2.75) is 26.2 Å². The maximum Gasteiger partial charge on any atom is 0.224 e. The van der Waals surface area contributed by atoms with E-state index in [0.29, 0.717) is 6.42 Å². The van der Waals surface area contributed by atoms with E-state index in [1.807, 2.05) is 35.2 Å². The molecule has 3 heteroatoms. The number of hydrogen-bond acceptors (Lipinski definition) is 2. The number of anilines is 1. The van der Waals surface area contributed by atoms with Gasteiger partial charge in [-0.05, 0) is 30.9 Å². The molecular weight excluding hydrogens is 224 g/mol. The first-order valence-corrected chi connectivity index (χ1v) is 6.82. The molecule has 2 rings (SSSR count). The molecule has 1 aromatic carbocycles. The van der Waals surface area contributed by atoms with Crippen LogP contribution in [0.1, 0.15) is 26.2 Å². The van der Waals surface area contributed by atoms with Crippen molar-refractivity contribution in [3.05, 3.63) is 30.3 Å². The summed E-state index contributed by atoms with van der Waals surface area (Å²) in [5.74, 6) is 1.06. The Morgan fingerprint density at radius 1 is 1.28 bits per heavy atom. The number of rotatable bonds is 4. The monoisotopic (exact) mass is 246 g/mol. The van der Waals surface area contributed by atoms with E-state index in [9.17, 15) is 4.79 Å². The van der Waals surface area contributed by atoms with Crippen LogP contribution in [0.25, 0.3) is 0 Å². The summed E-state index contributed by atoms with van der Waals surface area (Å²) in [6.45, 7) is 4.85. The molecule has 1 aliphatic heterocycles. The quantitative estimate of drug-likeness (QED) is 0.886. The summed E-state index contributed by atoms with van der Waals surface area (Å²) in [6, 6.07) is 10.0. The number of nitrogens with one attached hydrogen (secondary N) is 1. The van der Waals surface area contributed by atoms with Gasteiger partial charge in [-0.1, -0.05) is 25.1 Å². The minimum atomic E-state index is 0.283. The summed E-state index contributed by atoms with van der Waals surface area (Å²) in [6.07, 6.45) is 2.89. The summed E-state index contributed by atoms with van der Waals surface area (Å²) >= 11 is 0. The number of amides is 1. The highest BCUT2D eigenvalue weighted by molar-refractivity contribution is 5.76. The van der Waals surface area contributed by atoms with Crippen molar-refractivity contribution in [1.29, 1.82) is 0 Å². The highest BCUT2D eigenvalue weighted by Gasteiger charge is 2.19. The highest BCUT2D eigenvalue weighted by Crippen LogP contribution is 2.16. The lowest BCUT2D eigenvalue weighted by molar-refractivity contribution is -0.132. The first-order chi connectivity index (χ1) is 8.75. The van der Waals surface area contributed by atoms with E-state index in [2.05, 4.69) is 12.2 Å². The Bertz CT molecular complexity index is 369. The first kappa shape index (κ1) is 12.9. The van der Waals surface area contributed by atoms with Crippen molar-refractivity contribution in [3.8, 4) is 0 Å². The lowest BCUT2D eigenvalue weighted by atomic mass is 9.99. The molecular formula is C15H22N2O. The maximum absolute atomic E-state index is 12.0. The number of nitrogens with zero attached hydrogens (tertiary/aromatic N) is 1. The molecule has 0 spiro atoms. The second kappa shape index (κ2) is 6.43. The van der Waals surface area contributed by atoms with Crippen LogP contribution >= 0.6 is 0 Å². The third-order valence-electron chi connectivity index (χ3n) is 3.58. The number of para-hydroxylation sites is 1. The molecule has 3 nitrogen and oxygen atoms in total. The number of piperidine rings is 1. The second-order valence-corrected chi connectivity index (χ2v) is 5.11. The molecule has 1 aliphatic rings. The summed E-state index contributed by atoms with van der Waals surface area (Å²) in [5, 5.41) is 3.28. The van der Waals surface area contributed by atoms with E-state index >= 15 is 0 Å². The van der Waals surface area contributed by atoms with Crippen molar-refractivity contribution in [3.63, 3.8) is 0 Å². The standard InChI is InChI=1S/C15H22N2O/c1-13-8-11-17(12-9-13)15(18)7-10-16-14-5-3-2-4-6-14/h2-6,13,16H,7-12H2,1H3. The van der Waals surface area contributed by atoms with Gasteiger partial charge >= 0.3 is 0 Å². The lowest BCUT2D eigenvalue weighted by Crippen LogP contribution is -2.38. The smallest absolute Gasteiger partial charge is 0.224 e. The van der Waals surface area contributed by atoms with Gasteiger partial charge in [-0.15, -0.1) is 0 Å². The normalized spacial score (nSPS) is 16.6. The summed E-state index contributed by atoms with van der Waals surface area (Å²) in [7, 11) is 0. The Kier molecular flexibility index (Phi) is 4.62. The summed E-state index contributed by atoms with van der Waals surface area (Å²) in [4.78, 5) is 14.0. The minimum Gasteiger partial charge on any atom is -0.385 e. The maximum atomic E-state index is 12.0. The van der Waals surface area contributed by atoms with Crippen LogP contribution in [0.4, 0.5) is 5.69 Å². The largest absolute Gasteiger partial charge is 0.385 e. The Hall–Kier alpha value is -1.51. The molecule has 1 N–H and O–H groups in total. The third-order valence-corrected chi connectivity index (χ3v) is 3.58. The van der Waals surface area contributed by atoms with Crippen molar-refractivity contribution in [2.24, 2.45) is 5.92 Å². The number of hydrogen-bond donors (Lipinski definition) is 1. The van der Waals surface area contributed by atoms with Gasteiger partial charge in [0.15, 0.2) is 0 Å². The second-order valence-electron chi connectivity index (χ2n) is 5.11. The average molecular weight is 246 g/mol.